The maximum absolute atomic E-state index is 12.8. The second-order valence-electron chi connectivity index (χ2n) is 17.5. The van der Waals surface area contributed by atoms with Gasteiger partial charge in [0.05, 0.1) is 39.9 Å². The average Bonchev–Trinajstić information content (AvgIpc) is 3.16. The fraction of sp³-hybridized carbons (Fsp3) is 0.854. The Hall–Kier alpha value is -1.28. The average molecular weight is 826 g/mol. The van der Waals surface area contributed by atoms with E-state index in [9.17, 15) is 19.4 Å². The summed E-state index contributed by atoms with van der Waals surface area (Å²) in [5.74, 6) is -0.243. The zero-order valence-corrected chi connectivity index (χ0v) is 39.0. The van der Waals surface area contributed by atoms with Gasteiger partial charge in [-0.1, -0.05) is 204 Å². The Bertz CT molecular complexity index is 1030. The van der Waals surface area contributed by atoms with Gasteiger partial charge in [-0.15, -0.1) is 0 Å². The van der Waals surface area contributed by atoms with Crippen molar-refractivity contribution in [3.05, 3.63) is 36.5 Å². The number of carbonyl (C=O) groups excluding carboxylic acids is 1. The van der Waals surface area contributed by atoms with Crippen LogP contribution in [0.3, 0.4) is 0 Å². The molecule has 0 aliphatic heterocycles. The predicted octanol–water partition coefficient (Wildman–Crippen LogP) is 13.5. The Balaban J connectivity index is 4.37. The molecule has 57 heavy (non-hydrogen) atoms. The van der Waals surface area contributed by atoms with Gasteiger partial charge in [0, 0.05) is 6.42 Å². The molecule has 0 aromatic rings. The number of nitrogens with one attached hydrogen (secondary N) is 1. The number of carbonyl (C=O) groups is 1. The molecule has 3 N–H and O–H groups in total. The fourth-order valence-corrected chi connectivity index (χ4v) is 7.53. The summed E-state index contributed by atoms with van der Waals surface area (Å²) in [5, 5.41) is 13.8. The number of hydrogen-bond acceptors (Lipinski definition) is 5. The lowest BCUT2D eigenvalue weighted by molar-refractivity contribution is -0.870. The summed E-state index contributed by atoms with van der Waals surface area (Å²) in [7, 11) is 1.54. The van der Waals surface area contributed by atoms with Crippen LogP contribution in [0.5, 0.6) is 0 Å². The lowest BCUT2D eigenvalue weighted by atomic mass is 10.0. The summed E-state index contributed by atoms with van der Waals surface area (Å²) in [4.78, 5) is 23.1. The highest BCUT2D eigenvalue weighted by Gasteiger charge is 2.27. The Morgan fingerprint density at radius 2 is 1.00 bits per heavy atom. The second-order valence-corrected chi connectivity index (χ2v) is 18.9. The van der Waals surface area contributed by atoms with Crippen molar-refractivity contribution < 1.29 is 32.9 Å². The summed E-state index contributed by atoms with van der Waals surface area (Å²) < 4.78 is 23.5. The molecule has 0 spiro atoms. The first-order valence-electron chi connectivity index (χ1n) is 23.9. The van der Waals surface area contributed by atoms with Gasteiger partial charge in [0.15, 0.2) is 0 Å². The van der Waals surface area contributed by atoms with Crippen molar-refractivity contribution in [1.82, 2.24) is 5.32 Å². The van der Waals surface area contributed by atoms with Crippen LogP contribution in [0.1, 0.15) is 213 Å². The third-order valence-electron chi connectivity index (χ3n) is 10.6. The molecule has 0 aromatic carbocycles. The molecule has 3 atom stereocenters. The number of aliphatic hydroxyl groups excluding tert-OH is 1. The molecule has 0 heterocycles. The van der Waals surface area contributed by atoms with Crippen molar-refractivity contribution in [3.8, 4) is 0 Å². The zero-order chi connectivity index (χ0) is 42.1. The predicted molar refractivity (Wildman–Crippen MR) is 244 cm³/mol. The van der Waals surface area contributed by atoms with Gasteiger partial charge < -0.3 is 19.8 Å². The normalized spacial score (nSPS) is 14.6. The van der Waals surface area contributed by atoms with E-state index in [0.717, 1.165) is 32.1 Å². The quantitative estimate of drug-likeness (QED) is 0.0245. The van der Waals surface area contributed by atoms with Crippen LogP contribution >= 0.6 is 7.82 Å². The topological polar surface area (TPSA) is 105 Å². The van der Waals surface area contributed by atoms with E-state index in [1.54, 1.807) is 6.08 Å². The molecule has 336 valence electrons. The van der Waals surface area contributed by atoms with Crippen molar-refractivity contribution in [2.75, 3.05) is 40.9 Å². The summed E-state index contributed by atoms with van der Waals surface area (Å²) in [5.41, 5.74) is 0. The number of hydrogen-bond donors (Lipinski definition) is 3. The Kier molecular flexibility index (Phi) is 39.2. The summed E-state index contributed by atoms with van der Waals surface area (Å²) in [6.07, 6.45) is 49.5. The Morgan fingerprint density at radius 1 is 0.596 bits per heavy atom. The highest BCUT2D eigenvalue weighted by molar-refractivity contribution is 7.47. The van der Waals surface area contributed by atoms with Gasteiger partial charge in [0.2, 0.25) is 5.91 Å². The fourth-order valence-electron chi connectivity index (χ4n) is 6.80. The van der Waals surface area contributed by atoms with Crippen LogP contribution in [0.2, 0.25) is 0 Å². The van der Waals surface area contributed by atoms with Gasteiger partial charge in [0.25, 0.3) is 0 Å². The van der Waals surface area contributed by atoms with Crippen LogP contribution in [-0.2, 0) is 18.4 Å². The van der Waals surface area contributed by atoms with Gasteiger partial charge in [-0.05, 0) is 38.5 Å². The minimum absolute atomic E-state index is 0.0524. The van der Waals surface area contributed by atoms with Gasteiger partial charge in [0.1, 0.15) is 13.2 Å². The third kappa shape index (κ3) is 42.6. The van der Waals surface area contributed by atoms with Crippen LogP contribution in [0, 0.1) is 0 Å². The molecule has 0 fully saturated rings. The standard InChI is InChI=1S/C48H93N2O6P/c1-6-8-10-12-14-16-18-20-21-22-23-24-25-26-27-28-30-31-33-35-37-39-41-47(51)46(45-56-57(53,54)55-44-43-50(3,4)5)49-48(52)42-40-38-36-34-32-29-19-17-15-13-11-9-7-2/h29,32,36,38-39,41,46-47,51H,6-28,30-31,33-35,37,40,42-45H2,1-5H3,(H-,49,52,53,54)/p+1/b32-29-,38-36-,41-39+. The summed E-state index contributed by atoms with van der Waals surface area (Å²) in [6.45, 7) is 4.77. The molecule has 0 saturated heterocycles. The number of phosphoric acid groups is 1. The monoisotopic (exact) mass is 826 g/mol. The van der Waals surface area contributed by atoms with Crippen molar-refractivity contribution in [2.24, 2.45) is 0 Å². The molecule has 0 aromatic heterocycles. The number of unbranched alkanes of at least 4 members (excludes halogenated alkanes) is 26. The first-order valence-corrected chi connectivity index (χ1v) is 25.4. The van der Waals surface area contributed by atoms with Gasteiger partial charge in [-0.3, -0.25) is 13.8 Å². The third-order valence-corrected chi connectivity index (χ3v) is 11.6. The molecular formula is C48H94N2O6P+. The number of rotatable bonds is 43. The number of nitrogens with zero attached hydrogens (tertiary/aromatic N) is 1. The zero-order valence-electron chi connectivity index (χ0n) is 38.1. The van der Waals surface area contributed by atoms with Crippen molar-refractivity contribution in [2.45, 2.75) is 225 Å². The lowest BCUT2D eigenvalue weighted by Crippen LogP contribution is -2.45. The number of allylic oxidation sites excluding steroid dienone is 5. The van der Waals surface area contributed by atoms with E-state index >= 15 is 0 Å². The maximum atomic E-state index is 12.8. The molecule has 0 aliphatic carbocycles. The van der Waals surface area contributed by atoms with E-state index in [4.69, 9.17) is 9.05 Å². The Labute approximate surface area is 353 Å². The number of quaternary nitrogens is 1. The molecule has 9 heteroatoms. The van der Waals surface area contributed by atoms with Crippen LogP contribution in [0.15, 0.2) is 36.5 Å². The highest BCUT2D eigenvalue weighted by Crippen LogP contribution is 2.43. The van der Waals surface area contributed by atoms with E-state index < -0.39 is 20.0 Å². The first kappa shape index (κ1) is 55.7. The number of amides is 1. The van der Waals surface area contributed by atoms with Crippen molar-refractivity contribution >= 4 is 13.7 Å². The minimum atomic E-state index is -4.35. The molecule has 0 aliphatic rings. The van der Waals surface area contributed by atoms with E-state index in [2.05, 4.69) is 37.4 Å². The molecule has 1 amide bonds. The lowest BCUT2D eigenvalue weighted by Gasteiger charge is -2.25. The van der Waals surface area contributed by atoms with Gasteiger partial charge in [-0.2, -0.15) is 0 Å². The van der Waals surface area contributed by atoms with Crippen LogP contribution in [-0.4, -0.2) is 73.4 Å². The highest BCUT2D eigenvalue weighted by atomic mass is 31.2. The van der Waals surface area contributed by atoms with E-state index in [1.807, 2.05) is 33.3 Å². The van der Waals surface area contributed by atoms with Gasteiger partial charge >= 0.3 is 7.82 Å². The summed E-state index contributed by atoms with van der Waals surface area (Å²) >= 11 is 0. The van der Waals surface area contributed by atoms with E-state index in [0.29, 0.717) is 17.4 Å². The largest absolute Gasteiger partial charge is 0.472 e. The first-order chi connectivity index (χ1) is 27.5. The molecule has 8 nitrogen and oxygen atoms in total. The molecule has 3 unspecified atom stereocenters. The smallest absolute Gasteiger partial charge is 0.387 e. The van der Waals surface area contributed by atoms with Crippen LogP contribution in [0.25, 0.3) is 0 Å². The summed E-state index contributed by atoms with van der Waals surface area (Å²) in [6, 6.07) is -0.875. The van der Waals surface area contributed by atoms with E-state index in [1.165, 1.54) is 154 Å². The molecule has 0 radical (unpaired) electrons. The second kappa shape index (κ2) is 40.1. The molecule has 0 rings (SSSR count). The molecule has 0 saturated carbocycles. The Morgan fingerprint density at radius 3 is 1.44 bits per heavy atom. The van der Waals surface area contributed by atoms with Crippen LogP contribution in [0.4, 0.5) is 0 Å². The molecule has 0 bridgehead atoms. The molecular weight excluding hydrogens is 732 g/mol. The number of likely N-dealkylation sites (N-methyl/N-ethyl adjacent to an activating group) is 1. The SMILES string of the molecule is CCCCCCCC/C=C\C/C=C\CCC(=O)NC(COP(=O)(O)OCC[N+](C)(C)C)C(O)/C=C/CCCCCCCCCCCCCCCCCCCCCC. The van der Waals surface area contributed by atoms with Crippen LogP contribution < -0.4 is 5.32 Å². The van der Waals surface area contributed by atoms with Crippen molar-refractivity contribution in [1.29, 1.82) is 0 Å². The number of phosphoric ester groups is 1. The van der Waals surface area contributed by atoms with Crippen molar-refractivity contribution in [3.63, 3.8) is 0 Å². The number of aliphatic hydroxyl groups is 1. The van der Waals surface area contributed by atoms with Gasteiger partial charge in [-0.25, -0.2) is 4.57 Å². The van der Waals surface area contributed by atoms with E-state index in [-0.39, 0.29) is 25.5 Å². The maximum Gasteiger partial charge on any atom is 0.472 e. The minimum Gasteiger partial charge on any atom is -0.387 e.